The number of aryl methyl sites for hydroxylation is 1. The van der Waals surface area contributed by atoms with E-state index in [4.69, 9.17) is 0 Å². The van der Waals surface area contributed by atoms with Crippen molar-refractivity contribution in [1.29, 1.82) is 0 Å². The molecule has 1 amide bonds. The van der Waals surface area contributed by atoms with Gasteiger partial charge in [-0.3, -0.25) is 4.79 Å². The van der Waals surface area contributed by atoms with E-state index >= 15 is 0 Å². The predicted octanol–water partition coefficient (Wildman–Crippen LogP) is 3.84. The van der Waals surface area contributed by atoms with Gasteiger partial charge in [-0.15, -0.1) is 5.43 Å². The molecule has 0 fully saturated rings. The summed E-state index contributed by atoms with van der Waals surface area (Å²) in [4.78, 5) is 12.3. The van der Waals surface area contributed by atoms with E-state index in [1.165, 1.54) is 5.56 Å². The van der Waals surface area contributed by atoms with Crippen molar-refractivity contribution in [2.75, 3.05) is 5.43 Å². The Labute approximate surface area is 137 Å². The van der Waals surface area contributed by atoms with Crippen LogP contribution in [0.3, 0.4) is 0 Å². The first kappa shape index (κ1) is 14.7. The summed E-state index contributed by atoms with van der Waals surface area (Å²) in [6, 6.07) is 15.6. The smallest absolute Gasteiger partial charge is 0.264 e. The van der Waals surface area contributed by atoms with Crippen LogP contribution in [-0.2, 0) is 6.42 Å². The second-order valence-electron chi connectivity index (χ2n) is 5.09. The number of hydrogen-bond acceptors (Lipinski definition) is 1. The molecule has 2 aromatic carbocycles. The van der Waals surface area contributed by atoms with E-state index in [2.05, 4.69) is 28.3 Å². The van der Waals surface area contributed by atoms with Crippen LogP contribution in [0.1, 0.15) is 22.8 Å². The fourth-order valence-corrected chi connectivity index (χ4v) is 2.85. The average Bonchev–Trinajstić information content (AvgIpc) is 2.55. The molecule has 0 saturated heterocycles. The Hall–Kier alpha value is -2.20. The minimum atomic E-state index is -0.123. The van der Waals surface area contributed by atoms with E-state index in [9.17, 15) is 4.79 Å². The second-order valence-corrected chi connectivity index (χ2v) is 5.94. The number of pyridine rings is 1. The lowest BCUT2D eigenvalue weighted by Crippen LogP contribution is -2.47. The number of amides is 1. The van der Waals surface area contributed by atoms with Crippen molar-refractivity contribution in [1.82, 2.24) is 0 Å². The lowest BCUT2D eigenvalue weighted by Gasteiger charge is -2.03. The number of aromatic nitrogens is 1. The Bertz CT molecular complexity index is 828. The molecule has 110 valence electrons. The van der Waals surface area contributed by atoms with Gasteiger partial charge in [0.15, 0.2) is 0 Å². The molecule has 4 heteroatoms. The monoisotopic (exact) mass is 355 g/mol. The van der Waals surface area contributed by atoms with Crippen LogP contribution in [-0.4, -0.2) is 5.91 Å². The highest BCUT2D eigenvalue weighted by Crippen LogP contribution is 2.21. The summed E-state index contributed by atoms with van der Waals surface area (Å²) in [7, 11) is 0. The van der Waals surface area contributed by atoms with Crippen LogP contribution in [0.4, 0.5) is 0 Å². The van der Waals surface area contributed by atoms with E-state index in [1.807, 2.05) is 60.9 Å². The molecule has 3 rings (SSSR count). The van der Waals surface area contributed by atoms with Gasteiger partial charge in [-0.25, -0.2) is 0 Å². The fourth-order valence-electron chi connectivity index (χ4n) is 2.33. The minimum Gasteiger partial charge on any atom is -0.264 e. The van der Waals surface area contributed by atoms with Crippen molar-refractivity contribution in [3.63, 3.8) is 0 Å². The zero-order valence-corrected chi connectivity index (χ0v) is 13.8. The molecule has 1 N–H and O–H groups in total. The Morgan fingerprint density at radius 2 is 1.91 bits per heavy atom. The molecule has 0 atom stereocenters. The van der Waals surface area contributed by atoms with E-state index in [-0.39, 0.29) is 5.91 Å². The Morgan fingerprint density at radius 3 is 2.64 bits per heavy atom. The number of hydrogen-bond donors (Lipinski definition) is 1. The number of fused-ring (bicyclic) bond motifs is 1. The molecular formula is C18H16BrN2O+. The predicted molar refractivity (Wildman–Crippen MR) is 91.4 cm³/mol. The van der Waals surface area contributed by atoms with Crippen molar-refractivity contribution in [3.8, 4) is 0 Å². The number of carbonyl (C=O) groups excluding carboxylic acids is 1. The zero-order valence-electron chi connectivity index (χ0n) is 12.2. The van der Waals surface area contributed by atoms with Gasteiger partial charge >= 0.3 is 5.91 Å². The fraction of sp³-hybridized carbons (Fsp3) is 0.111. The molecule has 0 radical (unpaired) electrons. The summed E-state index contributed by atoms with van der Waals surface area (Å²) in [5, 5.41) is 2.17. The summed E-state index contributed by atoms with van der Waals surface area (Å²) in [6.07, 6.45) is 4.71. The van der Waals surface area contributed by atoms with Gasteiger partial charge in [-0.2, -0.15) is 0 Å². The summed E-state index contributed by atoms with van der Waals surface area (Å²) in [5.41, 5.74) is 4.74. The van der Waals surface area contributed by atoms with Crippen LogP contribution < -0.4 is 10.1 Å². The normalized spacial score (nSPS) is 10.6. The van der Waals surface area contributed by atoms with Gasteiger partial charge < -0.3 is 0 Å². The summed E-state index contributed by atoms with van der Waals surface area (Å²) in [6.45, 7) is 2.10. The number of rotatable bonds is 3. The van der Waals surface area contributed by atoms with Crippen molar-refractivity contribution in [3.05, 3.63) is 76.5 Å². The molecule has 0 bridgehead atoms. The van der Waals surface area contributed by atoms with Crippen molar-refractivity contribution in [2.45, 2.75) is 13.3 Å². The second kappa shape index (κ2) is 6.28. The maximum atomic E-state index is 12.3. The van der Waals surface area contributed by atoms with Crippen molar-refractivity contribution >= 4 is 32.6 Å². The van der Waals surface area contributed by atoms with Gasteiger partial charge in [0.2, 0.25) is 12.4 Å². The third-order valence-corrected chi connectivity index (χ3v) is 4.31. The summed E-state index contributed by atoms with van der Waals surface area (Å²) >= 11 is 3.53. The molecule has 0 saturated carbocycles. The van der Waals surface area contributed by atoms with E-state index in [0.29, 0.717) is 5.56 Å². The Morgan fingerprint density at radius 1 is 1.14 bits per heavy atom. The highest BCUT2D eigenvalue weighted by molar-refractivity contribution is 9.10. The third kappa shape index (κ3) is 3.02. The van der Waals surface area contributed by atoms with Gasteiger partial charge in [0.25, 0.3) is 0 Å². The summed E-state index contributed by atoms with van der Waals surface area (Å²) in [5.74, 6) is -0.123. The van der Waals surface area contributed by atoms with Gasteiger partial charge in [0.1, 0.15) is 0 Å². The number of carbonyl (C=O) groups is 1. The molecule has 1 aromatic heterocycles. The SMILES string of the molecule is CCc1ccc(C(=O)N[n+]2ccc3c(Br)cccc3c2)cc1. The molecule has 1 heterocycles. The molecule has 0 aliphatic rings. The quantitative estimate of drug-likeness (QED) is 0.711. The largest absolute Gasteiger partial charge is 0.305 e. The van der Waals surface area contributed by atoms with Gasteiger partial charge in [0, 0.05) is 26.9 Å². The first-order valence-corrected chi connectivity index (χ1v) is 7.96. The number of benzene rings is 2. The molecule has 3 aromatic rings. The van der Waals surface area contributed by atoms with E-state index < -0.39 is 0 Å². The first-order valence-electron chi connectivity index (χ1n) is 7.17. The van der Waals surface area contributed by atoms with Crippen molar-refractivity contribution in [2.24, 2.45) is 0 Å². The lowest BCUT2D eigenvalue weighted by atomic mass is 10.1. The number of halogens is 1. The van der Waals surface area contributed by atoms with Crippen LogP contribution in [0.2, 0.25) is 0 Å². The minimum absolute atomic E-state index is 0.123. The summed E-state index contributed by atoms with van der Waals surface area (Å²) < 4.78 is 2.73. The van der Waals surface area contributed by atoms with Crippen LogP contribution in [0.25, 0.3) is 10.8 Å². The zero-order chi connectivity index (χ0) is 15.5. The molecular weight excluding hydrogens is 340 g/mol. The lowest BCUT2D eigenvalue weighted by molar-refractivity contribution is -0.639. The average molecular weight is 356 g/mol. The maximum absolute atomic E-state index is 12.3. The number of nitrogens with zero attached hydrogens (tertiary/aromatic N) is 1. The van der Waals surface area contributed by atoms with E-state index in [1.54, 1.807) is 4.68 Å². The standard InChI is InChI=1S/C18H15BrN2O/c1-2-13-6-8-14(9-7-13)18(22)20-21-11-10-16-15(12-21)4-3-5-17(16)19/h3-12H,2H2,1H3/p+1. The highest BCUT2D eigenvalue weighted by atomic mass is 79.9. The first-order chi connectivity index (χ1) is 10.7. The molecule has 0 unspecified atom stereocenters. The van der Waals surface area contributed by atoms with Crippen LogP contribution in [0.15, 0.2) is 65.4 Å². The van der Waals surface area contributed by atoms with Gasteiger partial charge in [-0.1, -0.05) is 45.7 Å². The topological polar surface area (TPSA) is 33.0 Å². The maximum Gasteiger partial charge on any atom is 0.305 e. The number of nitrogens with one attached hydrogen (secondary N) is 1. The van der Waals surface area contributed by atoms with E-state index in [0.717, 1.165) is 21.7 Å². The molecule has 22 heavy (non-hydrogen) atoms. The van der Waals surface area contributed by atoms with Crippen molar-refractivity contribution < 1.29 is 9.47 Å². The molecule has 0 aliphatic carbocycles. The van der Waals surface area contributed by atoms with Crippen LogP contribution >= 0.6 is 15.9 Å². The molecule has 0 aliphatic heterocycles. The Balaban J connectivity index is 1.84. The highest BCUT2D eigenvalue weighted by Gasteiger charge is 2.11. The van der Waals surface area contributed by atoms with Crippen LogP contribution in [0.5, 0.6) is 0 Å². The Kier molecular flexibility index (Phi) is 4.20. The molecule has 0 spiro atoms. The third-order valence-electron chi connectivity index (χ3n) is 3.62. The van der Waals surface area contributed by atoms with Gasteiger partial charge in [0.05, 0.1) is 0 Å². The van der Waals surface area contributed by atoms with Crippen LogP contribution in [0, 0.1) is 0 Å². The van der Waals surface area contributed by atoms with Gasteiger partial charge in [-0.05, 0) is 36.2 Å². The molecule has 3 nitrogen and oxygen atoms in total.